The van der Waals surface area contributed by atoms with Crippen LogP contribution in [0.5, 0.6) is 0 Å². The number of rotatable bonds is 5. The fourth-order valence-corrected chi connectivity index (χ4v) is 3.17. The van der Waals surface area contributed by atoms with Crippen LogP contribution >= 0.6 is 0 Å². The number of aryl methyl sites for hydroxylation is 1. The van der Waals surface area contributed by atoms with Crippen molar-refractivity contribution >= 4 is 17.5 Å². The van der Waals surface area contributed by atoms with Crippen LogP contribution in [0, 0.1) is 12.7 Å². The molecular formula is C21H24FN3O2. The van der Waals surface area contributed by atoms with Gasteiger partial charge in [-0.3, -0.25) is 14.5 Å². The Morgan fingerprint density at radius 1 is 1.07 bits per heavy atom. The standard InChI is InChI=1S/C21H24FN3O2/c1-16-3-9-19(10-4-16)25-12-11-24(15-21(25)27)20(26)14-23(2)13-17-5-7-18(22)8-6-17/h3-10H,11-15H2,1-2H3. The highest BCUT2D eigenvalue weighted by Crippen LogP contribution is 2.18. The smallest absolute Gasteiger partial charge is 0.246 e. The minimum absolute atomic E-state index is 0.0698. The molecule has 0 atom stereocenters. The molecule has 0 bridgehead atoms. The van der Waals surface area contributed by atoms with Gasteiger partial charge in [0, 0.05) is 25.3 Å². The summed E-state index contributed by atoms with van der Waals surface area (Å²) in [6.07, 6.45) is 0. The molecular weight excluding hydrogens is 345 g/mol. The Bertz CT molecular complexity index is 805. The monoisotopic (exact) mass is 369 g/mol. The first-order valence-corrected chi connectivity index (χ1v) is 9.00. The highest BCUT2D eigenvalue weighted by molar-refractivity contribution is 5.98. The number of anilines is 1. The summed E-state index contributed by atoms with van der Waals surface area (Å²) in [5.74, 6) is -0.418. The topological polar surface area (TPSA) is 43.9 Å². The lowest BCUT2D eigenvalue weighted by atomic mass is 10.2. The number of nitrogens with zero attached hydrogens (tertiary/aromatic N) is 3. The van der Waals surface area contributed by atoms with Crippen molar-refractivity contribution in [3.63, 3.8) is 0 Å². The molecule has 2 aromatic rings. The number of likely N-dealkylation sites (N-methyl/N-ethyl adjacent to an activating group) is 1. The molecule has 5 nitrogen and oxygen atoms in total. The van der Waals surface area contributed by atoms with Gasteiger partial charge in [-0.15, -0.1) is 0 Å². The van der Waals surface area contributed by atoms with Crippen LogP contribution in [0.25, 0.3) is 0 Å². The zero-order chi connectivity index (χ0) is 19.4. The van der Waals surface area contributed by atoms with Crippen molar-refractivity contribution in [3.8, 4) is 0 Å². The fraction of sp³-hybridized carbons (Fsp3) is 0.333. The average Bonchev–Trinajstić information content (AvgIpc) is 2.64. The van der Waals surface area contributed by atoms with Gasteiger partial charge in [0.2, 0.25) is 11.8 Å². The van der Waals surface area contributed by atoms with Crippen molar-refractivity contribution in [1.29, 1.82) is 0 Å². The van der Waals surface area contributed by atoms with Gasteiger partial charge in [-0.1, -0.05) is 29.8 Å². The van der Waals surface area contributed by atoms with Gasteiger partial charge in [0.15, 0.2) is 0 Å². The van der Waals surface area contributed by atoms with E-state index in [-0.39, 0.29) is 30.7 Å². The first-order chi connectivity index (χ1) is 12.9. The van der Waals surface area contributed by atoms with Crippen molar-refractivity contribution in [2.24, 2.45) is 0 Å². The predicted octanol–water partition coefficient (Wildman–Crippen LogP) is 2.44. The molecule has 2 aromatic carbocycles. The highest BCUT2D eigenvalue weighted by atomic mass is 19.1. The molecule has 0 saturated carbocycles. The van der Waals surface area contributed by atoms with Gasteiger partial charge >= 0.3 is 0 Å². The van der Waals surface area contributed by atoms with Gasteiger partial charge in [-0.05, 0) is 43.8 Å². The lowest BCUT2D eigenvalue weighted by molar-refractivity contribution is -0.137. The van der Waals surface area contributed by atoms with Gasteiger partial charge in [-0.2, -0.15) is 0 Å². The quantitative estimate of drug-likeness (QED) is 0.813. The van der Waals surface area contributed by atoms with E-state index in [1.165, 1.54) is 12.1 Å². The van der Waals surface area contributed by atoms with E-state index in [1.807, 2.05) is 43.1 Å². The molecule has 0 radical (unpaired) electrons. The first-order valence-electron chi connectivity index (χ1n) is 9.00. The molecule has 1 aliphatic heterocycles. The number of carbonyl (C=O) groups excluding carboxylic acids is 2. The van der Waals surface area contributed by atoms with E-state index in [0.29, 0.717) is 19.6 Å². The normalized spacial score (nSPS) is 14.7. The summed E-state index contributed by atoms with van der Waals surface area (Å²) >= 11 is 0. The number of hydrogen-bond acceptors (Lipinski definition) is 3. The van der Waals surface area contributed by atoms with Crippen molar-refractivity contribution in [2.75, 3.05) is 38.1 Å². The molecule has 1 fully saturated rings. The zero-order valence-electron chi connectivity index (χ0n) is 15.7. The third kappa shape index (κ3) is 4.92. The second-order valence-electron chi connectivity index (χ2n) is 6.99. The minimum atomic E-state index is -0.276. The van der Waals surface area contributed by atoms with Crippen LogP contribution in [-0.4, -0.2) is 54.8 Å². The molecule has 2 amide bonds. The molecule has 0 aliphatic carbocycles. The van der Waals surface area contributed by atoms with E-state index in [4.69, 9.17) is 0 Å². The van der Waals surface area contributed by atoms with Crippen molar-refractivity contribution in [2.45, 2.75) is 13.5 Å². The van der Waals surface area contributed by atoms with Gasteiger partial charge in [0.25, 0.3) is 0 Å². The van der Waals surface area contributed by atoms with E-state index in [2.05, 4.69) is 0 Å². The number of amides is 2. The van der Waals surface area contributed by atoms with Crippen LogP contribution in [0.4, 0.5) is 10.1 Å². The number of carbonyl (C=O) groups is 2. The minimum Gasteiger partial charge on any atom is -0.330 e. The van der Waals surface area contributed by atoms with Crippen LogP contribution in [0.3, 0.4) is 0 Å². The van der Waals surface area contributed by atoms with Gasteiger partial charge in [0.05, 0.1) is 6.54 Å². The molecule has 0 unspecified atom stereocenters. The van der Waals surface area contributed by atoms with Gasteiger partial charge in [-0.25, -0.2) is 4.39 Å². The molecule has 6 heteroatoms. The second-order valence-corrected chi connectivity index (χ2v) is 6.99. The number of benzene rings is 2. The maximum absolute atomic E-state index is 13.0. The lowest BCUT2D eigenvalue weighted by Crippen LogP contribution is -2.54. The molecule has 0 N–H and O–H groups in total. The van der Waals surface area contributed by atoms with Crippen LogP contribution < -0.4 is 4.90 Å². The van der Waals surface area contributed by atoms with Crippen molar-refractivity contribution < 1.29 is 14.0 Å². The summed E-state index contributed by atoms with van der Waals surface area (Å²) in [7, 11) is 1.84. The zero-order valence-corrected chi connectivity index (χ0v) is 15.7. The Morgan fingerprint density at radius 2 is 1.74 bits per heavy atom. The Balaban J connectivity index is 1.53. The maximum Gasteiger partial charge on any atom is 0.246 e. The Morgan fingerprint density at radius 3 is 2.37 bits per heavy atom. The number of halogens is 1. The lowest BCUT2D eigenvalue weighted by Gasteiger charge is -2.35. The van der Waals surface area contributed by atoms with Crippen molar-refractivity contribution in [3.05, 3.63) is 65.5 Å². The van der Waals surface area contributed by atoms with Crippen LogP contribution in [0.15, 0.2) is 48.5 Å². The molecule has 1 heterocycles. The number of piperazine rings is 1. The van der Waals surface area contributed by atoms with Gasteiger partial charge in [0.1, 0.15) is 12.4 Å². The van der Waals surface area contributed by atoms with E-state index >= 15 is 0 Å². The van der Waals surface area contributed by atoms with Crippen LogP contribution in [0.1, 0.15) is 11.1 Å². The average molecular weight is 369 g/mol. The summed E-state index contributed by atoms with van der Waals surface area (Å²) in [4.78, 5) is 30.2. The summed E-state index contributed by atoms with van der Waals surface area (Å²) in [6, 6.07) is 14.1. The third-order valence-electron chi connectivity index (χ3n) is 4.69. The van der Waals surface area contributed by atoms with E-state index in [9.17, 15) is 14.0 Å². The summed E-state index contributed by atoms with van der Waals surface area (Å²) < 4.78 is 13.0. The summed E-state index contributed by atoms with van der Waals surface area (Å²) in [5.41, 5.74) is 2.95. The molecule has 27 heavy (non-hydrogen) atoms. The third-order valence-corrected chi connectivity index (χ3v) is 4.69. The molecule has 3 rings (SSSR count). The number of hydrogen-bond donors (Lipinski definition) is 0. The van der Waals surface area contributed by atoms with Gasteiger partial charge < -0.3 is 9.80 Å². The summed E-state index contributed by atoms with van der Waals surface area (Å²) in [6.45, 7) is 3.87. The van der Waals surface area contributed by atoms with E-state index in [1.54, 1.807) is 21.9 Å². The van der Waals surface area contributed by atoms with Crippen molar-refractivity contribution in [1.82, 2.24) is 9.80 Å². The Hall–Kier alpha value is -2.73. The predicted molar refractivity (Wildman–Crippen MR) is 103 cm³/mol. The molecule has 1 saturated heterocycles. The largest absolute Gasteiger partial charge is 0.330 e. The molecule has 1 aliphatic rings. The SMILES string of the molecule is Cc1ccc(N2CCN(C(=O)CN(C)Cc3ccc(F)cc3)CC2=O)cc1. The maximum atomic E-state index is 13.0. The Kier molecular flexibility index (Phi) is 5.86. The molecule has 0 aromatic heterocycles. The first kappa shape index (κ1) is 19.0. The molecule has 0 spiro atoms. The Labute approximate surface area is 159 Å². The highest BCUT2D eigenvalue weighted by Gasteiger charge is 2.28. The summed E-state index contributed by atoms with van der Waals surface area (Å²) in [5, 5.41) is 0. The van der Waals surface area contributed by atoms with Crippen LogP contribution in [-0.2, 0) is 16.1 Å². The van der Waals surface area contributed by atoms with E-state index < -0.39 is 0 Å². The fourth-order valence-electron chi connectivity index (χ4n) is 3.17. The van der Waals surface area contributed by atoms with E-state index in [0.717, 1.165) is 16.8 Å². The second kappa shape index (κ2) is 8.31. The van der Waals surface area contributed by atoms with Crippen LogP contribution in [0.2, 0.25) is 0 Å². The molecule has 142 valence electrons.